The predicted molar refractivity (Wildman–Crippen MR) is 79.3 cm³/mol. The van der Waals surface area contributed by atoms with Crippen molar-refractivity contribution in [2.75, 3.05) is 5.75 Å². The highest BCUT2D eigenvalue weighted by Gasteiger charge is 2.24. The van der Waals surface area contributed by atoms with E-state index in [1.165, 1.54) is 30.6 Å². The topological polar surface area (TPSA) is 20.2 Å². The molecule has 0 heterocycles. The smallest absolute Gasteiger partial charge is 0.0662 e. The summed E-state index contributed by atoms with van der Waals surface area (Å²) in [7, 11) is 0. The van der Waals surface area contributed by atoms with Gasteiger partial charge in [-0.05, 0) is 48.9 Å². The van der Waals surface area contributed by atoms with Gasteiger partial charge in [-0.25, -0.2) is 0 Å². The van der Waals surface area contributed by atoms with Crippen LogP contribution in [0.5, 0.6) is 0 Å². The number of aliphatic hydroxyl groups excluding tert-OH is 1. The summed E-state index contributed by atoms with van der Waals surface area (Å²) in [5, 5.41) is 11.0. The Morgan fingerprint density at radius 3 is 2.44 bits per heavy atom. The number of halogens is 1. The highest BCUT2D eigenvalue weighted by molar-refractivity contribution is 7.99. The molecule has 1 unspecified atom stereocenters. The number of rotatable bonds is 4. The summed E-state index contributed by atoms with van der Waals surface area (Å²) < 4.78 is 0. The molecule has 1 fully saturated rings. The molecule has 0 radical (unpaired) electrons. The fourth-order valence-electron chi connectivity index (χ4n) is 2.52. The minimum atomic E-state index is -0.168. The molecule has 0 amide bonds. The van der Waals surface area contributed by atoms with Crippen LogP contribution in [0.1, 0.15) is 32.6 Å². The molecule has 100 valence electrons. The SMILES string of the molecule is CC1CCC(C(O)CSc2ccc(Cl)cc2)CC1. The highest BCUT2D eigenvalue weighted by Crippen LogP contribution is 2.32. The molecule has 1 nitrogen and oxygen atoms in total. The Labute approximate surface area is 119 Å². The molecule has 0 aromatic heterocycles. The lowest BCUT2D eigenvalue weighted by molar-refractivity contribution is 0.0946. The number of thioether (sulfide) groups is 1. The highest BCUT2D eigenvalue weighted by atomic mass is 35.5. The zero-order valence-electron chi connectivity index (χ0n) is 10.8. The fraction of sp³-hybridized carbons (Fsp3) is 0.600. The lowest BCUT2D eigenvalue weighted by Crippen LogP contribution is -2.26. The lowest BCUT2D eigenvalue weighted by atomic mass is 9.81. The van der Waals surface area contributed by atoms with E-state index in [0.29, 0.717) is 5.92 Å². The summed E-state index contributed by atoms with van der Waals surface area (Å²) in [4.78, 5) is 1.18. The van der Waals surface area contributed by atoms with Crippen LogP contribution in [0.3, 0.4) is 0 Å². The number of benzene rings is 1. The van der Waals surface area contributed by atoms with Gasteiger partial charge in [-0.3, -0.25) is 0 Å². The third-order valence-corrected chi connectivity index (χ3v) is 5.20. The minimum Gasteiger partial charge on any atom is -0.392 e. The van der Waals surface area contributed by atoms with Gasteiger partial charge in [0.2, 0.25) is 0 Å². The number of hydrogen-bond acceptors (Lipinski definition) is 2. The van der Waals surface area contributed by atoms with Crippen LogP contribution < -0.4 is 0 Å². The molecule has 3 heteroatoms. The van der Waals surface area contributed by atoms with E-state index in [4.69, 9.17) is 11.6 Å². The van der Waals surface area contributed by atoms with Crippen LogP contribution in [-0.2, 0) is 0 Å². The van der Waals surface area contributed by atoms with E-state index in [0.717, 1.165) is 16.7 Å². The van der Waals surface area contributed by atoms with Crippen LogP contribution in [0, 0.1) is 11.8 Å². The van der Waals surface area contributed by atoms with Crippen LogP contribution in [0.15, 0.2) is 29.2 Å². The van der Waals surface area contributed by atoms with Crippen molar-refractivity contribution in [2.24, 2.45) is 11.8 Å². The van der Waals surface area contributed by atoms with E-state index in [1.54, 1.807) is 11.8 Å². The molecule has 0 bridgehead atoms. The van der Waals surface area contributed by atoms with Crippen molar-refractivity contribution in [1.82, 2.24) is 0 Å². The number of hydrogen-bond donors (Lipinski definition) is 1. The molecule has 1 N–H and O–H groups in total. The molecule has 1 aliphatic rings. The molecule has 1 aliphatic carbocycles. The summed E-state index contributed by atoms with van der Waals surface area (Å²) in [5.74, 6) is 2.14. The van der Waals surface area contributed by atoms with Gasteiger partial charge in [0.05, 0.1) is 6.10 Å². The second kappa shape index (κ2) is 6.83. The Bertz CT molecular complexity index is 357. The molecule has 0 saturated heterocycles. The molecular formula is C15H21ClOS. The fourth-order valence-corrected chi connectivity index (χ4v) is 3.61. The van der Waals surface area contributed by atoms with Crippen LogP contribution >= 0.6 is 23.4 Å². The summed E-state index contributed by atoms with van der Waals surface area (Å²) in [6.45, 7) is 2.31. The molecule has 1 aromatic rings. The Hall–Kier alpha value is -0.180. The Morgan fingerprint density at radius 1 is 1.22 bits per heavy atom. The van der Waals surface area contributed by atoms with Crippen LogP contribution in [0.25, 0.3) is 0 Å². The molecule has 1 aromatic carbocycles. The normalized spacial score (nSPS) is 25.9. The van der Waals surface area contributed by atoms with E-state index < -0.39 is 0 Å². The molecule has 0 spiro atoms. The van der Waals surface area contributed by atoms with E-state index in [9.17, 15) is 5.11 Å². The predicted octanol–water partition coefficient (Wildman–Crippen LogP) is 4.62. The van der Waals surface area contributed by atoms with Crippen LogP contribution in [0.2, 0.25) is 5.02 Å². The van der Waals surface area contributed by atoms with Gasteiger partial charge in [0, 0.05) is 15.7 Å². The second-order valence-electron chi connectivity index (χ2n) is 5.35. The van der Waals surface area contributed by atoms with Crippen molar-refractivity contribution in [2.45, 2.75) is 43.6 Å². The maximum absolute atomic E-state index is 10.2. The van der Waals surface area contributed by atoms with Gasteiger partial charge in [-0.1, -0.05) is 31.4 Å². The van der Waals surface area contributed by atoms with Crippen molar-refractivity contribution < 1.29 is 5.11 Å². The van der Waals surface area contributed by atoms with Gasteiger partial charge in [0.1, 0.15) is 0 Å². The zero-order chi connectivity index (χ0) is 13.0. The Kier molecular flexibility index (Phi) is 5.40. The largest absolute Gasteiger partial charge is 0.392 e. The van der Waals surface area contributed by atoms with Crippen molar-refractivity contribution in [3.8, 4) is 0 Å². The Balaban J connectivity index is 1.77. The monoisotopic (exact) mass is 284 g/mol. The summed E-state index contributed by atoms with van der Waals surface area (Å²) in [5.41, 5.74) is 0. The lowest BCUT2D eigenvalue weighted by Gasteiger charge is -2.29. The average molecular weight is 285 g/mol. The molecule has 18 heavy (non-hydrogen) atoms. The van der Waals surface area contributed by atoms with Gasteiger partial charge in [0.15, 0.2) is 0 Å². The van der Waals surface area contributed by atoms with Gasteiger partial charge >= 0.3 is 0 Å². The summed E-state index contributed by atoms with van der Waals surface area (Å²) in [6.07, 6.45) is 4.74. The first-order valence-electron chi connectivity index (χ1n) is 6.71. The van der Waals surface area contributed by atoms with Crippen molar-refractivity contribution in [3.63, 3.8) is 0 Å². The zero-order valence-corrected chi connectivity index (χ0v) is 12.4. The first kappa shape index (κ1) is 14.2. The first-order chi connectivity index (χ1) is 8.65. The quantitative estimate of drug-likeness (QED) is 0.814. The summed E-state index contributed by atoms with van der Waals surface area (Å²) in [6, 6.07) is 7.84. The van der Waals surface area contributed by atoms with Crippen molar-refractivity contribution in [1.29, 1.82) is 0 Å². The molecule has 1 saturated carbocycles. The van der Waals surface area contributed by atoms with Gasteiger partial charge < -0.3 is 5.11 Å². The molecular weight excluding hydrogens is 264 g/mol. The van der Waals surface area contributed by atoms with E-state index in [2.05, 4.69) is 6.92 Å². The first-order valence-corrected chi connectivity index (χ1v) is 8.08. The van der Waals surface area contributed by atoms with Crippen LogP contribution in [-0.4, -0.2) is 17.0 Å². The minimum absolute atomic E-state index is 0.168. The second-order valence-corrected chi connectivity index (χ2v) is 6.88. The molecule has 0 aliphatic heterocycles. The molecule has 2 rings (SSSR count). The number of aliphatic hydroxyl groups is 1. The van der Waals surface area contributed by atoms with Gasteiger partial charge in [-0.15, -0.1) is 11.8 Å². The van der Waals surface area contributed by atoms with Crippen molar-refractivity contribution in [3.05, 3.63) is 29.3 Å². The average Bonchev–Trinajstić information content (AvgIpc) is 2.38. The van der Waals surface area contributed by atoms with Gasteiger partial charge in [0.25, 0.3) is 0 Å². The van der Waals surface area contributed by atoms with E-state index in [1.807, 2.05) is 24.3 Å². The van der Waals surface area contributed by atoms with Crippen molar-refractivity contribution >= 4 is 23.4 Å². The third kappa shape index (κ3) is 4.18. The third-order valence-electron chi connectivity index (χ3n) is 3.84. The van der Waals surface area contributed by atoms with E-state index in [-0.39, 0.29) is 6.10 Å². The van der Waals surface area contributed by atoms with E-state index >= 15 is 0 Å². The maximum atomic E-state index is 10.2. The molecule has 1 atom stereocenters. The standard InChI is InChI=1S/C15H21ClOS/c1-11-2-4-12(5-3-11)15(17)10-18-14-8-6-13(16)7-9-14/h6-9,11-12,15,17H,2-5,10H2,1H3. The van der Waals surface area contributed by atoms with Gasteiger partial charge in [-0.2, -0.15) is 0 Å². The van der Waals surface area contributed by atoms with Crippen LogP contribution in [0.4, 0.5) is 0 Å². The Morgan fingerprint density at radius 2 is 1.83 bits per heavy atom. The summed E-state index contributed by atoms with van der Waals surface area (Å²) >= 11 is 7.57. The maximum Gasteiger partial charge on any atom is 0.0662 e.